The van der Waals surface area contributed by atoms with Gasteiger partial charge in [0.25, 0.3) is 0 Å². The van der Waals surface area contributed by atoms with Gasteiger partial charge in [0.05, 0.1) is 0 Å². The quantitative estimate of drug-likeness (QED) is 0.619. The van der Waals surface area contributed by atoms with Crippen LogP contribution < -0.4 is 0 Å². The van der Waals surface area contributed by atoms with Crippen molar-refractivity contribution in [2.24, 2.45) is 16.7 Å². The summed E-state index contributed by atoms with van der Waals surface area (Å²) in [6.45, 7) is 10.2. The molecule has 0 amide bonds. The topological polar surface area (TPSA) is 3.24 Å². The van der Waals surface area contributed by atoms with E-state index in [-0.39, 0.29) is 0 Å². The molecule has 1 heteroatoms. The fourth-order valence-electron chi connectivity index (χ4n) is 3.71. The van der Waals surface area contributed by atoms with Gasteiger partial charge in [0.2, 0.25) is 0 Å². The molecule has 1 heterocycles. The number of hydrogen-bond acceptors (Lipinski definition) is 1. The Hall–Kier alpha value is -0.0400. The Morgan fingerprint density at radius 1 is 1.21 bits per heavy atom. The predicted molar refractivity (Wildman–Crippen MR) is 59.2 cm³/mol. The molecule has 1 nitrogen and oxygen atoms in total. The Bertz CT molecular complexity index is 248. The van der Waals surface area contributed by atoms with Gasteiger partial charge in [-0.25, -0.2) is 0 Å². The maximum Gasteiger partial charge on any atom is 0.00956 e. The molecule has 0 N–H and O–H groups in total. The van der Waals surface area contributed by atoms with E-state index < -0.39 is 0 Å². The van der Waals surface area contributed by atoms with E-state index in [0.29, 0.717) is 10.8 Å². The fraction of sp³-hybridized carbons (Fsp3) is 1.00. The highest BCUT2D eigenvalue weighted by Crippen LogP contribution is 2.67. The molecule has 1 aliphatic heterocycles. The average Bonchev–Trinajstić information content (AvgIpc) is 2.51. The van der Waals surface area contributed by atoms with Gasteiger partial charge in [0.1, 0.15) is 0 Å². The smallest absolute Gasteiger partial charge is 0.00956 e. The Balaban J connectivity index is 1.71. The Kier molecular flexibility index (Phi) is 1.68. The van der Waals surface area contributed by atoms with Gasteiger partial charge in [0.15, 0.2) is 0 Å². The van der Waals surface area contributed by atoms with Gasteiger partial charge in [-0.1, -0.05) is 27.2 Å². The van der Waals surface area contributed by atoms with Crippen molar-refractivity contribution in [2.75, 3.05) is 13.1 Å². The second-order valence-electron chi connectivity index (χ2n) is 6.82. The fourth-order valence-corrected chi connectivity index (χ4v) is 3.71. The Labute approximate surface area is 87.9 Å². The molecule has 2 unspecified atom stereocenters. The lowest BCUT2D eigenvalue weighted by molar-refractivity contribution is 0.106. The highest BCUT2D eigenvalue weighted by molar-refractivity contribution is 5.16. The van der Waals surface area contributed by atoms with Crippen molar-refractivity contribution in [3.05, 3.63) is 0 Å². The van der Waals surface area contributed by atoms with Crippen LogP contribution in [-0.4, -0.2) is 24.0 Å². The molecule has 2 atom stereocenters. The third-order valence-corrected chi connectivity index (χ3v) is 5.26. The molecule has 0 aromatic heterocycles. The zero-order chi connectivity index (χ0) is 9.97. The third kappa shape index (κ3) is 1.05. The summed E-state index contributed by atoms with van der Waals surface area (Å²) in [5.41, 5.74) is 1.25. The molecule has 2 aliphatic carbocycles. The number of nitrogens with zero attached hydrogens (tertiary/aromatic N) is 1. The molecule has 0 aromatic rings. The predicted octanol–water partition coefficient (Wildman–Crippen LogP) is 2.91. The Morgan fingerprint density at radius 2 is 1.93 bits per heavy atom. The molecular weight excluding hydrogens is 170 g/mol. The standard InChI is InChI=1S/C13H23N/c1-12(2,3)13-7-10(13)8-14(9-13)11-5-4-6-11/h10-11H,4-9H2,1-3H3. The largest absolute Gasteiger partial charge is 0.300 e. The highest BCUT2D eigenvalue weighted by Gasteiger charge is 2.65. The molecule has 0 aromatic carbocycles. The second-order valence-corrected chi connectivity index (χ2v) is 6.82. The summed E-state index contributed by atoms with van der Waals surface area (Å²) >= 11 is 0. The minimum absolute atomic E-state index is 0.538. The van der Waals surface area contributed by atoms with Crippen LogP contribution in [0.1, 0.15) is 46.5 Å². The minimum Gasteiger partial charge on any atom is -0.300 e. The molecule has 3 fully saturated rings. The summed E-state index contributed by atoms with van der Waals surface area (Å²) in [5, 5.41) is 0. The van der Waals surface area contributed by atoms with Crippen molar-refractivity contribution in [1.29, 1.82) is 0 Å². The van der Waals surface area contributed by atoms with Crippen LogP contribution in [0.25, 0.3) is 0 Å². The summed E-state index contributed by atoms with van der Waals surface area (Å²) in [5.74, 6) is 1.04. The van der Waals surface area contributed by atoms with E-state index in [9.17, 15) is 0 Å². The van der Waals surface area contributed by atoms with Crippen molar-refractivity contribution >= 4 is 0 Å². The van der Waals surface area contributed by atoms with Crippen molar-refractivity contribution in [3.63, 3.8) is 0 Å². The number of likely N-dealkylation sites (tertiary alicyclic amines) is 1. The number of hydrogen-bond donors (Lipinski definition) is 0. The van der Waals surface area contributed by atoms with E-state index in [1.54, 1.807) is 0 Å². The molecule has 0 radical (unpaired) electrons. The first-order valence-electron chi connectivity index (χ1n) is 6.27. The maximum absolute atomic E-state index is 2.79. The molecule has 14 heavy (non-hydrogen) atoms. The lowest BCUT2D eigenvalue weighted by Crippen LogP contribution is -2.41. The van der Waals surface area contributed by atoms with E-state index in [1.807, 2.05) is 0 Å². The minimum atomic E-state index is 0.538. The van der Waals surface area contributed by atoms with Crippen LogP contribution in [0.15, 0.2) is 0 Å². The molecule has 2 saturated carbocycles. The molecule has 3 rings (SSSR count). The van der Waals surface area contributed by atoms with E-state index in [1.165, 1.54) is 38.8 Å². The maximum atomic E-state index is 2.79. The summed E-state index contributed by atoms with van der Waals surface area (Å²) < 4.78 is 0. The molecule has 1 saturated heterocycles. The van der Waals surface area contributed by atoms with Crippen LogP contribution in [0, 0.1) is 16.7 Å². The van der Waals surface area contributed by atoms with Gasteiger partial charge in [-0.15, -0.1) is 0 Å². The zero-order valence-electron chi connectivity index (χ0n) is 9.84. The highest BCUT2D eigenvalue weighted by atomic mass is 15.2. The normalized spacial score (nSPS) is 43.5. The second kappa shape index (κ2) is 2.55. The molecule has 80 valence electrons. The van der Waals surface area contributed by atoms with Gasteiger partial charge >= 0.3 is 0 Å². The first-order chi connectivity index (χ1) is 6.53. The average molecular weight is 193 g/mol. The zero-order valence-corrected chi connectivity index (χ0v) is 9.84. The van der Waals surface area contributed by atoms with Gasteiger partial charge in [-0.05, 0) is 36.0 Å². The van der Waals surface area contributed by atoms with E-state index >= 15 is 0 Å². The molecule has 0 bridgehead atoms. The van der Waals surface area contributed by atoms with Gasteiger partial charge < -0.3 is 0 Å². The van der Waals surface area contributed by atoms with Crippen molar-refractivity contribution < 1.29 is 0 Å². The summed E-state index contributed by atoms with van der Waals surface area (Å²) in [7, 11) is 0. The monoisotopic (exact) mass is 193 g/mol. The Morgan fingerprint density at radius 3 is 2.36 bits per heavy atom. The summed E-state index contributed by atoms with van der Waals surface area (Å²) in [6.07, 6.45) is 5.95. The van der Waals surface area contributed by atoms with Crippen molar-refractivity contribution in [2.45, 2.75) is 52.5 Å². The van der Waals surface area contributed by atoms with Crippen LogP contribution >= 0.6 is 0 Å². The molecule has 3 aliphatic rings. The first-order valence-corrected chi connectivity index (χ1v) is 6.27. The van der Waals surface area contributed by atoms with Crippen molar-refractivity contribution in [1.82, 2.24) is 4.90 Å². The lowest BCUT2D eigenvalue weighted by atomic mass is 9.76. The van der Waals surface area contributed by atoms with E-state index in [0.717, 1.165) is 12.0 Å². The van der Waals surface area contributed by atoms with Crippen LogP contribution in [-0.2, 0) is 0 Å². The summed E-state index contributed by atoms with van der Waals surface area (Å²) in [4.78, 5) is 2.79. The van der Waals surface area contributed by atoms with Gasteiger partial charge in [-0.2, -0.15) is 0 Å². The van der Waals surface area contributed by atoms with E-state index in [2.05, 4.69) is 25.7 Å². The van der Waals surface area contributed by atoms with Crippen LogP contribution in [0.5, 0.6) is 0 Å². The number of rotatable bonds is 1. The summed E-state index contributed by atoms with van der Waals surface area (Å²) in [6, 6.07) is 0.974. The van der Waals surface area contributed by atoms with Crippen LogP contribution in [0.2, 0.25) is 0 Å². The molecule has 0 spiro atoms. The molecular formula is C13H23N. The van der Waals surface area contributed by atoms with Crippen molar-refractivity contribution in [3.8, 4) is 0 Å². The van der Waals surface area contributed by atoms with Crippen LogP contribution in [0.4, 0.5) is 0 Å². The number of fused-ring (bicyclic) bond motifs is 1. The lowest BCUT2D eigenvalue weighted by Gasteiger charge is -2.38. The first kappa shape index (κ1) is 9.21. The van der Waals surface area contributed by atoms with Gasteiger partial charge in [0, 0.05) is 19.1 Å². The SMILES string of the molecule is CC(C)(C)C12CC1CN(C1CCC1)C2. The van der Waals surface area contributed by atoms with E-state index in [4.69, 9.17) is 0 Å². The van der Waals surface area contributed by atoms with Gasteiger partial charge in [-0.3, -0.25) is 4.90 Å². The third-order valence-electron chi connectivity index (χ3n) is 5.26. The van der Waals surface area contributed by atoms with Crippen LogP contribution in [0.3, 0.4) is 0 Å². The number of piperidine rings is 1.